The van der Waals surface area contributed by atoms with Crippen molar-refractivity contribution in [2.75, 3.05) is 20.3 Å². The number of carbonyl (C=O) groups excluding carboxylic acids is 1. The van der Waals surface area contributed by atoms with Crippen LogP contribution in [0.25, 0.3) is 0 Å². The molecule has 122 valence electrons. The van der Waals surface area contributed by atoms with Gasteiger partial charge >= 0.3 is 0 Å². The average Bonchev–Trinajstić information content (AvgIpc) is 3.23. The Kier molecular flexibility index (Phi) is 4.83. The number of carbonyl (C=O) groups is 1. The largest absolute Gasteiger partial charge is 0.496 e. The van der Waals surface area contributed by atoms with E-state index in [2.05, 4.69) is 15.3 Å². The van der Waals surface area contributed by atoms with Crippen molar-refractivity contribution in [3.05, 3.63) is 47.0 Å². The van der Waals surface area contributed by atoms with Crippen LogP contribution in [0.15, 0.2) is 30.6 Å². The van der Waals surface area contributed by atoms with Gasteiger partial charge in [-0.05, 0) is 24.6 Å². The summed E-state index contributed by atoms with van der Waals surface area (Å²) in [4.78, 5) is 19.7. The number of halogens is 1. The maximum atomic E-state index is 12.4. The van der Waals surface area contributed by atoms with Crippen molar-refractivity contribution < 1.29 is 14.3 Å². The van der Waals surface area contributed by atoms with Gasteiger partial charge in [-0.25, -0.2) is 4.98 Å². The molecule has 0 radical (unpaired) electrons. The minimum atomic E-state index is -0.191. The second kappa shape index (κ2) is 7.02. The lowest BCUT2D eigenvalue weighted by atomic mass is 10.0. The summed E-state index contributed by atoms with van der Waals surface area (Å²) in [6, 6.07) is 4.95. The first-order valence-corrected chi connectivity index (χ1v) is 7.79. The summed E-state index contributed by atoms with van der Waals surface area (Å²) in [7, 11) is 1.51. The Morgan fingerprint density at radius 2 is 2.43 bits per heavy atom. The molecule has 0 bridgehead atoms. The highest BCUT2D eigenvalue weighted by atomic mass is 35.5. The summed E-state index contributed by atoms with van der Waals surface area (Å²) in [5.74, 6) is 1.25. The lowest BCUT2D eigenvalue weighted by Gasteiger charge is -2.17. The Morgan fingerprint density at radius 3 is 3.17 bits per heavy atom. The third kappa shape index (κ3) is 3.48. The van der Waals surface area contributed by atoms with Gasteiger partial charge in [-0.15, -0.1) is 0 Å². The molecule has 0 aliphatic carbocycles. The van der Waals surface area contributed by atoms with Crippen LogP contribution in [0, 0.1) is 5.92 Å². The number of amides is 1. The van der Waals surface area contributed by atoms with Gasteiger partial charge in [0.1, 0.15) is 17.7 Å². The zero-order valence-corrected chi connectivity index (χ0v) is 13.5. The van der Waals surface area contributed by atoms with Crippen LogP contribution < -0.4 is 10.1 Å². The predicted octanol–water partition coefficient (Wildman–Crippen LogP) is 2.58. The van der Waals surface area contributed by atoms with Crippen LogP contribution in [-0.4, -0.2) is 36.1 Å². The molecule has 1 aromatic carbocycles. The summed E-state index contributed by atoms with van der Waals surface area (Å²) >= 11 is 5.92. The Morgan fingerprint density at radius 1 is 1.57 bits per heavy atom. The van der Waals surface area contributed by atoms with E-state index in [0.717, 1.165) is 12.2 Å². The standard InChI is InChI=1S/C16H18ClN3O3/c1-22-13-8-11(17)2-3-12(13)16(21)20-9-10-4-7-23-14(10)15-18-5-6-19-15/h2-3,5-6,8,10,14H,4,7,9H2,1H3,(H,18,19)(H,20,21)/t10-,14+/m0/s1. The number of rotatable bonds is 5. The van der Waals surface area contributed by atoms with E-state index < -0.39 is 0 Å². The Hall–Kier alpha value is -2.05. The quantitative estimate of drug-likeness (QED) is 0.880. The number of hydrogen-bond acceptors (Lipinski definition) is 4. The van der Waals surface area contributed by atoms with Crippen molar-refractivity contribution in [3.63, 3.8) is 0 Å². The van der Waals surface area contributed by atoms with Crippen molar-refractivity contribution in [3.8, 4) is 5.75 Å². The lowest BCUT2D eigenvalue weighted by Crippen LogP contribution is -2.31. The summed E-state index contributed by atoms with van der Waals surface area (Å²) in [5.41, 5.74) is 0.463. The van der Waals surface area contributed by atoms with Gasteiger partial charge in [-0.1, -0.05) is 11.6 Å². The molecular formula is C16H18ClN3O3. The van der Waals surface area contributed by atoms with Crippen LogP contribution in [-0.2, 0) is 4.74 Å². The molecule has 6 nitrogen and oxygen atoms in total. The molecule has 2 N–H and O–H groups in total. The van der Waals surface area contributed by atoms with Crippen LogP contribution in [0.3, 0.4) is 0 Å². The van der Waals surface area contributed by atoms with Gasteiger partial charge in [0.25, 0.3) is 5.91 Å². The van der Waals surface area contributed by atoms with Crippen molar-refractivity contribution in [1.82, 2.24) is 15.3 Å². The normalized spacial score (nSPS) is 20.4. The SMILES string of the molecule is COc1cc(Cl)ccc1C(=O)NC[C@@H]1CCO[C@H]1c1ncc[nH]1. The zero-order valence-electron chi connectivity index (χ0n) is 12.7. The average molecular weight is 336 g/mol. The molecule has 3 rings (SSSR count). The van der Waals surface area contributed by atoms with E-state index in [4.69, 9.17) is 21.1 Å². The van der Waals surface area contributed by atoms with Gasteiger partial charge in [-0.3, -0.25) is 4.79 Å². The maximum absolute atomic E-state index is 12.4. The van der Waals surface area contributed by atoms with Crippen LogP contribution in [0.2, 0.25) is 5.02 Å². The fourth-order valence-electron chi connectivity index (χ4n) is 2.75. The van der Waals surface area contributed by atoms with E-state index in [1.807, 2.05) is 0 Å². The Bertz CT molecular complexity index is 675. The minimum Gasteiger partial charge on any atom is -0.496 e. The highest BCUT2D eigenvalue weighted by molar-refractivity contribution is 6.30. The first-order valence-electron chi connectivity index (χ1n) is 7.41. The van der Waals surface area contributed by atoms with Crippen LogP contribution in [0.1, 0.15) is 28.7 Å². The van der Waals surface area contributed by atoms with Crippen LogP contribution in [0.5, 0.6) is 5.75 Å². The number of hydrogen-bond donors (Lipinski definition) is 2. The molecule has 1 aliphatic heterocycles. The number of imidazole rings is 1. The smallest absolute Gasteiger partial charge is 0.255 e. The molecular weight excluding hydrogens is 318 g/mol. The van der Waals surface area contributed by atoms with E-state index in [1.54, 1.807) is 30.6 Å². The first-order chi connectivity index (χ1) is 11.2. The predicted molar refractivity (Wildman–Crippen MR) is 85.7 cm³/mol. The Labute approximate surface area is 139 Å². The molecule has 1 saturated heterocycles. The van der Waals surface area contributed by atoms with Crippen LogP contribution >= 0.6 is 11.6 Å². The number of ether oxygens (including phenoxy) is 2. The molecule has 1 aromatic heterocycles. The van der Waals surface area contributed by atoms with Gasteiger partial charge in [0.05, 0.1) is 12.7 Å². The summed E-state index contributed by atoms with van der Waals surface area (Å²) in [6.07, 6.45) is 4.23. The third-order valence-electron chi connectivity index (χ3n) is 3.94. The van der Waals surface area contributed by atoms with Crippen molar-refractivity contribution in [2.45, 2.75) is 12.5 Å². The van der Waals surface area contributed by atoms with Gasteiger partial charge < -0.3 is 19.8 Å². The molecule has 0 saturated carbocycles. The van der Waals surface area contributed by atoms with Gasteiger partial charge in [-0.2, -0.15) is 0 Å². The summed E-state index contributed by atoms with van der Waals surface area (Å²) in [6.45, 7) is 1.17. The van der Waals surface area contributed by atoms with Crippen molar-refractivity contribution in [1.29, 1.82) is 0 Å². The monoisotopic (exact) mass is 335 g/mol. The van der Waals surface area contributed by atoms with Gasteiger partial charge in [0, 0.05) is 36.5 Å². The molecule has 1 aliphatic rings. The number of aromatic nitrogens is 2. The van der Waals surface area contributed by atoms with E-state index in [-0.39, 0.29) is 17.9 Å². The zero-order chi connectivity index (χ0) is 16.2. The number of benzene rings is 1. The molecule has 1 amide bonds. The second-order valence-electron chi connectivity index (χ2n) is 5.37. The molecule has 2 heterocycles. The topological polar surface area (TPSA) is 76.2 Å². The highest BCUT2D eigenvalue weighted by Gasteiger charge is 2.31. The van der Waals surface area contributed by atoms with Gasteiger partial charge in [0.15, 0.2) is 0 Å². The number of aromatic amines is 1. The second-order valence-corrected chi connectivity index (χ2v) is 5.81. The molecule has 0 spiro atoms. The number of methoxy groups -OCH3 is 1. The molecule has 1 fully saturated rings. The van der Waals surface area contributed by atoms with E-state index in [9.17, 15) is 4.79 Å². The third-order valence-corrected chi connectivity index (χ3v) is 4.17. The van der Waals surface area contributed by atoms with Crippen LogP contribution in [0.4, 0.5) is 0 Å². The molecule has 0 unspecified atom stereocenters. The van der Waals surface area contributed by atoms with Gasteiger partial charge in [0.2, 0.25) is 0 Å². The number of nitrogens with zero attached hydrogens (tertiary/aromatic N) is 1. The molecule has 2 aromatic rings. The van der Waals surface area contributed by atoms with E-state index in [1.165, 1.54) is 7.11 Å². The fourth-order valence-corrected chi connectivity index (χ4v) is 2.91. The van der Waals surface area contributed by atoms with E-state index >= 15 is 0 Å². The minimum absolute atomic E-state index is 0.114. The lowest BCUT2D eigenvalue weighted by molar-refractivity contribution is 0.0801. The first kappa shape index (κ1) is 15.8. The maximum Gasteiger partial charge on any atom is 0.255 e. The summed E-state index contributed by atoms with van der Waals surface area (Å²) < 4.78 is 10.9. The number of H-pyrrole nitrogens is 1. The molecule has 7 heteroatoms. The molecule has 23 heavy (non-hydrogen) atoms. The van der Waals surface area contributed by atoms with E-state index in [0.29, 0.717) is 29.5 Å². The van der Waals surface area contributed by atoms with Crippen molar-refractivity contribution >= 4 is 17.5 Å². The van der Waals surface area contributed by atoms with Crippen molar-refractivity contribution in [2.24, 2.45) is 5.92 Å². The fraction of sp³-hybridized carbons (Fsp3) is 0.375. The Balaban J connectivity index is 1.65. The number of nitrogens with one attached hydrogen (secondary N) is 2. The summed E-state index contributed by atoms with van der Waals surface area (Å²) in [5, 5.41) is 3.47. The highest BCUT2D eigenvalue weighted by Crippen LogP contribution is 2.32. The molecule has 2 atom stereocenters.